The number of amides is 1. The summed E-state index contributed by atoms with van der Waals surface area (Å²) in [5.41, 5.74) is 8.15. The molecule has 1 rings (SSSR count). The van der Waals surface area contributed by atoms with Gasteiger partial charge < -0.3 is 5.73 Å². The first-order chi connectivity index (χ1) is 8.04. The minimum Gasteiger partial charge on any atom is -0.366 e. The van der Waals surface area contributed by atoms with Crippen LogP contribution in [0.2, 0.25) is 0 Å². The zero-order valence-electron chi connectivity index (χ0n) is 10.1. The molecule has 0 aliphatic carbocycles. The zero-order chi connectivity index (χ0) is 12.8. The van der Waals surface area contributed by atoms with Crippen LogP contribution in [0, 0.1) is 0 Å². The monoisotopic (exact) mass is 228 g/mol. The molecular formula is C14H16N2O. The second kappa shape index (κ2) is 5.80. The molecule has 0 saturated heterocycles. The smallest absolute Gasteiger partial charge is 0.248 e. The number of hydrogen-bond donors (Lipinski definition) is 1. The minimum absolute atomic E-state index is 0.430. The maximum atomic E-state index is 10.9. The van der Waals surface area contributed by atoms with Crippen LogP contribution in [-0.4, -0.2) is 11.6 Å². The van der Waals surface area contributed by atoms with Gasteiger partial charge in [-0.2, -0.15) is 0 Å². The largest absolute Gasteiger partial charge is 0.366 e. The third-order valence-corrected chi connectivity index (χ3v) is 2.10. The van der Waals surface area contributed by atoms with E-state index in [4.69, 9.17) is 5.73 Å². The Morgan fingerprint density at radius 1 is 1.29 bits per heavy atom. The lowest BCUT2D eigenvalue weighted by molar-refractivity contribution is 0.100. The second-order valence-electron chi connectivity index (χ2n) is 3.67. The van der Waals surface area contributed by atoms with Crippen LogP contribution < -0.4 is 5.73 Å². The Labute approximate surface area is 101 Å². The number of carbonyl (C=O) groups excluding carboxylic acids is 1. The van der Waals surface area contributed by atoms with Gasteiger partial charge in [-0.25, -0.2) is 0 Å². The van der Waals surface area contributed by atoms with Crippen LogP contribution in [-0.2, 0) is 0 Å². The fourth-order valence-corrected chi connectivity index (χ4v) is 1.37. The maximum Gasteiger partial charge on any atom is 0.248 e. The number of nitrogens with two attached hydrogens (primary N) is 1. The van der Waals surface area contributed by atoms with E-state index >= 15 is 0 Å². The van der Waals surface area contributed by atoms with E-state index in [0.29, 0.717) is 5.56 Å². The summed E-state index contributed by atoms with van der Waals surface area (Å²) in [6.45, 7) is 7.51. The molecule has 1 aromatic rings. The first-order valence-corrected chi connectivity index (χ1v) is 5.31. The van der Waals surface area contributed by atoms with Gasteiger partial charge in [0.25, 0.3) is 0 Å². The number of benzene rings is 1. The van der Waals surface area contributed by atoms with Crippen molar-refractivity contribution in [1.29, 1.82) is 0 Å². The Kier molecular flexibility index (Phi) is 4.40. The molecule has 0 aliphatic rings. The fraction of sp³-hybridized carbons (Fsp3) is 0.143. The number of carbonyl (C=O) groups is 1. The number of aliphatic imine (C=N–C) groups is 1. The molecule has 17 heavy (non-hydrogen) atoms. The van der Waals surface area contributed by atoms with Gasteiger partial charge in [-0.05, 0) is 32.1 Å². The summed E-state index contributed by atoms with van der Waals surface area (Å²) < 4.78 is 0. The lowest BCUT2D eigenvalue weighted by Gasteiger charge is -2.03. The van der Waals surface area contributed by atoms with Crippen LogP contribution in [0.4, 0.5) is 0 Å². The van der Waals surface area contributed by atoms with Crippen LogP contribution in [0.1, 0.15) is 29.8 Å². The average molecular weight is 228 g/mol. The molecule has 0 spiro atoms. The van der Waals surface area contributed by atoms with Gasteiger partial charge in [-0.3, -0.25) is 9.79 Å². The summed E-state index contributed by atoms with van der Waals surface area (Å²) in [5, 5.41) is 0. The lowest BCUT2D eigenvalue weighted by Crippen LogP contribution is -2.11. The molecule has 3 nitrogen and oxygen atoms in total. The summed E-state index contributed by atoms with van der Waals surface area (Å²) in [6.07, 6.45) is 3.80. The van der Waals surface area contributed by atoms with Gasteiger partial charge >= 0.3 is 0 Å². The fourth-order valence-electron chi connectivity index (χ4n) is 1.37. The second-order valence-corrected chi connectivity index (χ2v) is 3.67. The summed E-state index contributed by atoms with van der Waals surface area (Å²) in [5.74, 6) is -0.430. The van der Waals surface area contributed by atoms with Gasteiger partial charge in [0.15, 0.2) is 0 Å². The van der Waals surface area contributed by atoms with E-state index in [1.807, 2.05) is 38.1 Å². The molecule has 1 amide bonds. The first kappa shape index (κ1) is 12.9. The van der Waals surface area contributed by atoms with Crippen molar-refractivity contribution in [3.8, 4) is 0 Å². The van der Waals surface area contributed by atoms with Crippen molar-refractivity contribution in [2.75, 3.05) is 0 Å². The van der Waals surface area contributed by atoms with Gasteiger partial charge in [0.05, 0.1) is 5.71 Å². The van der Waals surface area contributed by atoms with Gasteiger partial charge in [0.1, 0.15) is 0 Å². The molecule has 0 aromatic heterocycles. The molecule has 0 radical (unpaired) electrons. The van der Waals surface area contributed by atoms with Gasteiger partial charge in [-0.15, -0.1) is 0 Å². The Morgan fingerprint density at radius 3 is 2.24 bits per heavy atom. The van der Waals surface area contributed by atoms with E-state index in [1.165, 1.54) is 0 Å². The zero-order valence-corrected chi connectivity index (χ0v) is 10.1. The van der Waals surface area contributed by atoms with Crippen LogP contribution in [0.3, 0.4) is 0 Å². The highest BCUT2D eigenvalue weighted by Crippen LogP contribution is 2.08. The summed E-state index contributed by atoms with van der Waals surface area (Å²) in [6, 6.07) is 7.02. The van der Waals surface area contributed by atoms with Gasteiger partial charge in [0.2, 0.25) is 5.91 Å². The number of hydrogen-bond acceptors (Lipinski definition) is 2. The normalized spacial score (nSPS) is 11.8. The Hall–Kier alpha value is -2.16. The van der Waals surface area contributed by atoms with Crippen molar-refractivity contribution >= 4 is 11.6 Å². The Balaban J connectivity index is 3.12. The summed E-state index contributed by atoms with van der Waals surface area (Å²) >= 11 is 0. The molecule has 3 heteroatoms. The lowest BCUT2D eigenvalue weighted by atomic mass is 10.1. The molecular weight excluding hydrogens is 212 g/mol. The predicted molar refractivity (Wildman–Crippen MR) is 71.1 cm³/mol. The van der Waals surface area contributed by atoms with Gasteiger partial charge in [0, 0.05) is 16.8 Å². The molecule has 0 saturated carbocycles. The highest BCUT2D eigenvalue weighted by Gasteiger charge is 2.03. The molecule has 0 heterocycles. The first-order valence-electron chi connectivity index (χ1n) is 5.31. The SMILES string of the molecule is C=C(C)N=C(/C=C\C)c1ccc(C(N)=O)cc1. The molecule has 0 atom stereocenters. The van der Waals surface area contributed by atoms with Crippen LogP contribution >= 0.6 is 0 Å². The molecule has 0 fully saturated rings. The highest BCUT2D eigenvalue weighted by atomic mass is 16.1. The van der Waals surface area contributed by atoms with E-state index in [-0.39, 0.29) is 0 Å². The van der Waals surface area contributed by atoms with Crippen LogP contribution in [0.25, 0.3) is 0 Å². The van der Waals surface area contributed by atoms with Crippen molar-refractivity contribution in [3.05, 3.63) is 59.8 Å². The molecule has 0 unspecified atom stereocenters. The van der Waals surface area contributed by atoms with Crippen molar-refractivity contribution in [3.63, 3.8) is 0 Å². The van der Waals surface area contributed by atoms with E-state index in [1.54, 1.807) is 12.1 Å². The van der Waals surface area contributed by atoms with E-state index in [0.717, 1.165) is 17.0 Å². The third-order valence-electron chi connectivity index (χ3n) is 2.10. The van der Waals surface area contributed by atoms with E-state index < -0.39 is 5.91 Å². The van der Waals surface area contributed by atoms with Gasteiger partial charge in [-0.1, -0.05) is 24.8 Å². The summed E-state index contributed by atoms with van der Waals surface area (Å²) in [7, 11) is 0. The van der Waals surface area contributed by atoms with Crippen molar-refractivity contribution in [1.82, 2.24) is 0 Å². The molecule has 0 bridgehead atoms. The molecule has 88 valence electrons. The predicted octanol–water partition coefficient (Wildman–Crippen LogP) is 2.68. The maximum absolute atomic E-state index is 10.9. The number of primary amides is 1. The number of nitrogens with zero attached hydrogens (tertiary/aromatic N) is 1. The number of rotatable bonds is 4. The van der Waals surface area contributed by atoms with Crippen molar-refractivity contribution in [2.45, 2.75) is 13.8 Å². The minimum atomic E-state index is -0.430. The van der Waals surface area contributed by atoms with Crippen molar-refractivity contribution < 1.29 is 4.79 Å². The van der Waals surface area contributed by atoms with Crippen LogP contribution in [0.15, 0.2) is 53.7 Å². The van der Waals surface area contributed by atoms with Crippen LogP contribution in [0.5, 0.6) is 0 Å². The quantitative estimate of drug-likeness (QED) is 0.791. The highest BCUT2D eigenvalue weighted by molar-refractivity contribution is 6.09. The Morgan fingerprint density at radius 2 is 1.82 bits per heavy atom. The van der Waals surface area contributed by atoms with Crippen molar-refractivity contribution in [2.24, 2.45) is 10.7 Å². The average Bonchev–Trinajstić information content (AvgIpc) is 2.28. The van der Waals surface area contributed by atoms with E-state index in [9.17, 15) is 4.79 Å². The third kappa shape index (κ3) is 3.72. The van der Waals surface area contributed by atoms with E-state index in [2.05, 4.69) is 11.6 Å². The number of allylic oxidation sites excluding steroid dienone is 3. The molecule has 2 N–H and O–H groups in total. The molecule has 0 aliphatic heterocycles. The topological polar surface area (TPSA) is 55.4 Å². The standard InChI is InChI=1S/C14H16N2O/c1-4-5-13(16-10(2)3)11-6-8-12(9-7-11)14(15)17/h4-9H,2H2,1,3H3,(H2,15,17)/b5-4-,16-13?. The Bertz CT molecular complexity index is 481. The molecule has 1 aromatic carbocycles. The summed E-state index contributed by atoms with van der Waals surface area (Å²) in [4.78, 5) is 15.3.